The second kappa shape index (κ2) is 7.17. The molecule has 0 aliphatic carbocycles. The monoisotopic (exact) mass is 303 g/mol. The average molecular weight is 303 g/mol. The standard InChI is InChI=1S/C16H21N3O3/c1-4-21-15(20)10-16(3,13-8-6-5-7-9-13)17-11-14-12(2)18-22-19-14/h5-9,17H,4,10-11H2,1-3H3/t16-/m0/s1. The highest BCUT2D eigenvalue weighted by Gasteiger charge is 2.30. The van der Waals surface area contributed by atoms with E-state index in [0.717, 1.165) is 17.0 Å². The van der Waals surface area contributed by atoms with Gasteiger partial charge in [0.05, 0.1) is 18.6 Å². The molecule has 0 aliphatic heterocycles. The molecular weight excluding hydrogens is 282 g/mol. The molecule has 0 radical (unpaired) electrons. The van der Waals surface area contributed by atoms with Gasteiger partial charge in [0, 0.05) is 6.54 Å². The van der Waals surface area contributed by atoms with Crippen molar-refractivity contribution >= 4 is 5.97 Å². The van der Waals surface area contributed by atoms with Crippen molar-refractivity contribution in [1.29, 1.82) is 0 Å². The van der Waals surface area contributed by atoms with Crippen LogP contribution < -0.4 is 5.32 Å². The van der Waals surface area contributed by atoms with Gasteiger partial charge in [-0.25, -0.2) is 4.63 Å². The summed E-state index contributed by atoms with van der Waals surface area (Å²) in [6.45, 7) is 6.44. The number of benzene rings is 1. The molecule has 1 aromatic heterocycles. The van der Waals surface area contributed by atoms with Crippen LogP contribution in [0.1, 0.15) is 37.2 Å². The van der Waals surface area contributed by atoms with Gasteiger partial charge in [0.2, 0.25) is 0 Å². The number of carbonyl (C=O) groups excluding carboxylic acids is 1. The van der Waals surface area contributed by atoms with Crippen LogP contribution in [0.3, 0.4) is 0 Å². The Morgan fingerprint density at radius 1 is 1.32 bits per heavy atom. The Kier molecular flexibility index (Phi) is 5.27. The molecule has 0 unspecified atom stereocenters. The van der Waals surface area contributed by atoms with Crippen molar-refractivity contribution in [1.82, 2.24) is 15.6 Å². The quantitative estimate of drug-likeness (QED) is 0.791. The van der Waals surface area contributed by atoms with E-state index in [1.165, 1.54) is 0 Å². The summed E-state index contributed by atoms with van der Waals surface area (Å²) < 4.78 is 9.80. The minimum absolute atomic E-state index is 0.231. The molecule has 0 saturated heterocycles. The summed E-state index contributed by atoms with van der Waals surface area (Å²) in [7, 11) is 0. The summed E-state index contributed by atoms with van der Waals surface area (Å²) in [5, 5.41) is 11.0. The van der Waals surface area contributed by atoms with Gasteiger partial charge in [0.15, 0.2) is 0 Å². The van der Waals surface area contributed by atoms with Gasteiger partial charge < -0.3 is 10.1 Å². The fraction of sp³-hybridized carbons (Fsp3) is 0.438. The molecule has 2 aromatic rings. The van der Waals surface area contributed by atoms with E-state index in [2.05, 4.69) is 15.6 Å². The number of hydrogen-bond acceptors (Lipinski definition) is 6. The molecule has 1 aromatic carbocycles. The van der Waals surface area contributed by atoms with Crippen molar-refractivity contribution in [3.8, 4) is 0 Å². The lowest BCUT2D eigenvalue weighted by Crippen LogP contribution is -2.41. The summed E-state index contributed by atoms with van der Waals surface area (Å²) in [6, 6.07) is 9.81. The van der Waals surface area contributed by atoms with Gasteiger partial charge in [-0.3, -0.25) is 4.79 Å². The summed E-state index contributed by atoms with van der Waals surface area (Å²) >= 11 is 0. The number of ether oxygens (including phenoxy) is 1. The predicted molar refractivity (Wildman–Crippen MR) is 80.9 cm³/mol. The summed E-state index contributed by atoms with van der Waals surface area (Å²) in [4.78, 5) is 12.0. The van der Waals surface area contributed by atoms with Gasteiger partial charge in [-0.05, 0) is 26.3 Å². The zero-order chi connectivity index (χ0) is 16.0. The lowest BCUT2D eigenvalue weighted by molar-refractivity contribution is -0.144. The molecule has 0 saturated carbocycles. The summed E-state index contributed by atoms with van der Waals surface area (Å²) in [5.74, 6) is -0.239. The van der Waals surface area contributed by atoms with Crippen LogP contribution in [0.15, 0.2) is 35.0 Å². The Labute approximate surface area is 129 Å². The average Bonchev–Trinajstić information content (AvgIpc) is 2.92. The maximum atomic E-state index is 12.0. The summed E-state index contributed by atoms with van der Waals surface area (Å²) in [5.41, 5.74) is 1.92. The van der Waals surface area contributed by atoms with E-state index in [4.69, 9.17) is 9.37 Å². The maximum Gasteiger partial charge on any atom is 0.307 e. The molecule has 118 valence electrons. The summed E-state index contributed by atoms with van der Waals surface area (Å²) in [6.07, 6.45) is 0.231. The molecule has 0 amide bonds. The molecule has 6 heteroatoms. The molecule has 1 atom stereocenters. The van der Waals surface area contributed by atoms with Crippen molar-refractivity contribution in [3.05, 3.63) is 47.3 Å². The topological polar surface area (TPSA) is 77.2 Å². The molecule has 2 rings (SSSR count). The van der Waals surface area contributed by atoms with Crippen LogP contribution in [0.2, 0.25) is 0 Å². The Hall–Kier alpha value is -2.21. The maximum absolute atomic E-state index is 12.0. The third-order valence-electron chi connectivity index (χ3n) is 3.61. The second-order valence-electron chi connectivity index (χ2n) is 5.33. The van der Waals surface area contributed by atoms with Crippen LogP contribution in [0.25, 0.3) is 0 Å². The highest BCUT2D eigenvalue weighted by atomic mass is 16.6. The van der Waals surface area contributed by atoms with Crippen LogP contribution >= 0.6 is 0 Å². The van der Waals surface area contributed by atoms with Gasteiger partial charge >= 0.3 is 5.97 Å². The van der Waals surface area contributed by atoms with E-state index in [9.17, 15) is 4.79 Å². The first-order valence-corrected chi connectivity index (χ1v) is 7.29. The van der Waals surface area contributed by atoms with Crippen LogP contribution in [0.4, 0.5) is 0 Å². The van der Waals surface area contributed by atoms with Crippen molar-refractivity contribution < 1.29 is 14.2 Å². The first-order chi connectivity index (χ1) is 10.5. The third-order valence-corrected chi connectivity index (χ3v) is 3.61. The number of aryl methyl sites for hydroxylation is 1. The largest absolute Gasteiger partial charge is 0.466 e. The van der Waals surface area contributed by atoms with E-state index < -0.39 is 5.54 Å². The minimum Gasteiger partial charge on any atom is -0.466 e. The van der Waals surface area contributed by atoms with Gasteiger partial charge in [-0.15, -0.1) is 0 Å². The van der Waals surface area contributed by atoms with Crippen LogP contribution in [-0.2, 0) is 21.6 Å². The number of rotatable bonds is 7. The Morgan fingerprint density at radius 3 is 2.64 bits per heavy atom. The number of aromatic nitrogens is 2. The number of nitrogens with one attached hydrogen (secondary N) is 1. The van der Waals surface area contributed by atoms with E-state index >= 15 is 0 Å². The fourth-order valence-electron chi connectivity index (χ4n) is 2.26. The first-order valence-electron chi connectivity index (χ1n) is 7.29. The van der Waals surface area contributed by atoms with Gasteiger partial charge in [-0.2, -0.15) is 0 Å². The van der Waals surface area contributed by atoms with Gasteiger partial charge in [-0.1, -0.05) is 40.6 Å². The molecule has 0 bridgehead atoms. The van der Waals surface area contributed by atoms with E-state index in [1.807, 2.05) is 44.2 Å². The number of carbonyl (C=O) groups is 1. The third kappa shape index (κ3) is 3.92. The molecule has 0 spiro atoms. The lowest BCUT2D eigenvalue weighted by Gasteiger charge is -2.30. The molecule has 0 fully saturated rings. The van der Waals surface area contributed by atoms with Crippen molar-refractivity contribution in [2.45, 2.75) is 39.3 Å². The SMILES string of the molecule is CCOC(=O)C[C@](C)(NCc1nonc1C)c1ccccc1. The molecule has 22 heavy (non-hydrogen) atoms. The molecule has 1 N–H and O–H groups in total. The number of hydrogen-bond donors (Lipinski definition) is 1. The molecule has 6 nitrogen and oxygen atoms in total. The highest BCUT2D eigenvalue weighted by molar-refractivity contribution is 5.71. The van der Waals surface area contributed by atoms with E-state index in [1.54, 1.807) is 6.92 Å². The minimum atomic E-state index is -0.557. The van der Waals surface area contributed by atoms with Crippen LogP contribution in [-0.4, -0.2) is 22.9 Å². The van der Waals surface area contributed by atoms with Crippen LogP contribution in [0, 0.1) is 6.92 Å². The van der Waals surface area contributed by atoms with E-state index in [0.29, 0.717) is 13.2 Å². The fourth-order valence-corrected chi connectivity index (χ4v) is 2.26. The number of esters is 1. The zero-order valence-electron chi connectivity index (χ0n) is 13.1. The normalized spacial score (nSPS) is 13.6. The van der Waals surface area contributed by atoms with Gasteiger partial charge in [0.25, 0.3) is 0 Å². The van der Waals surface area contributed by atoms with Crippen molar-refractivity contribution in [3.63, 3.8) is 0 Å². The molecule has 1 heterocycles. The molecule has 0 aliphatic rings. The smallest absolute Gasteiger partial charge is 0.307 e. The Bertz CT molecular complexity index is 612. The predicted octanol–water partition coefficient (Wildman–Crippen LogP) is 2.34. The molecular formula is C16H21N3O3. The number of nitrogens with zero attached hydrogens (tertiary/aromatic N) is 2. The van der Waals surface area contributed by atoms with Crippen LogP contribution in [0.5, 0.6) is 0 Å². The highest BCUT2D eigenvalue weighted by Crippen LogP contribution is 2.25. The van der Waals surface area contributed by atoms with Crippen molar-refractivity contribution in [2.24, 2.45) is 0 Å². The van der Waals surface area contributed by atoms with Crippen molar-refractivity contribution in [2.75, 3.05) is 6.61 Å². The van der Waals surface area contributed by atoms with Gasteiger partial charge in [0.1, 0.15) is 11.4 Å². The second-order valence-corrected chi connectivity index (χ2v) is 5.33. The Morgan fingerprint density at radius 2 is 2.05 bits per heavy atom. The lowest BCUT2D eigenvalue weighted by atomic mass is 9.88. The Balaban J connectivity index is 2.17. The zero-order valence-corrected chi connectivity index (χ0v) is 13.1. The first kappa shape index (κ1) is 16.2. The van der Waals surface area contributed by atoms with E-state index in [-0.39, 0.29) is 12.4 Å².